The summed E-state index contributed by atoms with van der Waals surface area (Å²) in [6.07, 6.45) is 1.07. The minimum absolute atomic E-state index is 0.0435. The molecular weight excluding hydrogens is 322 g/mol. The Kier molecular flexibility index (Phi) is 3.69. The second-order valence-electron chi connectivity index (χ2n) is 6.17. The number of aromatic nitrogens is 1. The van der Waals surface area contributed by atoms with Gasteiger partial charge >= 0.3 is 0 Å². The normalized spacial score (nSPS) is 12.9. The Hall–Kier alpha value is -2.46. The number of hydrogen-bond donors (Lipinski definition) is 3. The summed E-state index contributed by atoms with van der Waals surface area (Å²) in [5, 5.41) is 7.98. The number of nitrogens with one attached hydrogen (secondary N) is 3. The van der Waals surface area contributed by atoms with Crippen LogP contribution in [0.2, 0.25) is 5.02 Å². The highest BCUT2D eigenvalue weighted by Gasteiger charge is 2.13. The van der Waals surface area contributed by atoms with Crippen LogP contribution < -0.4 is 10.6 Å². The van der Waals surface area contributed by atoms with Crippen molar-refractivity contribution >= 4 is 34.1 Å². The maximum absolute atomic E-state index is 11.1. The summed E-state index contributed by atoms with van der Waals surface area (Å²) in [7, 11) is 0. The number of H-pyrrole nitrogens is 1. The molecule has 0 aliphatic carbocycles. The first-order valence-electron chi connectivity index (χ1n) is 8.03. The maximum atomic E-state index is 11.1. The summed E-state index contributed by atoms with van der Waals surface area (Å²) in [6, 6.07) is 12.5. The van der Waals surface area contributed by atoms with Gasteiger partial charge in [-0.05, 0) is 41.8 Å². The van der Waals surface area contributed by atoms with E-state index in [1.807, 2.05) is 12.1 Å². The number of amides is 1. The number of rotatable bonds is 3. The molecule has 0 spiro atoms. The van der Waals surface area contributed by atoms with Crippen LogP contribution in [0.4, 0.5) is 5.69 Å². The fourth-order valence-corrected chi connectivity index (χ4v) is 3.49. The molecule has 1 amide bonds. The topological polar surface area (TPSA) is 56.9 Å². The van der Waals surface area contributed by atoms with Crippen molar-refractivity contribution in [1.29, 1.82) is 0 Å². The van der Waals surface area contributed by atoms with Crippen LogP contribution in [0.5, 0.6) is 0 Å². The molecule has 4 nitrogen and oxygen atoms in total. The van der Waals surface area contributed by atoms with E-state index >= 15 is 0 Å². The molecule has 0 fully saturated rings. The van der Waals surface area contributed by atoms with Gasteiger partial charge in [0.05, 0.1) is 6.54 Å². The summed E-state index contributed by atoms with van der Waals surface area (Å²) in [6.45, 7) is 2.99. The van der Waals surface area contributed by atoms with E-state index in [1.54, 1.807) is 0 Å². The van der Waals surface area contributed by atoms with Crippen molar-refractivity contribution in [1.82, 2.24) is 10.3 Å². The van der Waals surface area contributed by atoms with Gasteiger partial charge in [0.1, 0.15) is 0 Å². The molecule has 3 N–H and O–H groups in total. The molecular formula is C19H18ClN3O. The average molecular weight is 340 g/mol. The molecule has 0 saturated heterocycles. The Morgan fingerprint density at radius 3 is 2.96 bits per heavy atom. The third-order valence-electron chi connectivity index (χ3n) is 4.42. The Morgan fingerprint density at radius 2 is 2.12 bits per heavy atom. The summed E-state index contributed by atoms with van der Waals surface area (Å²) in [5.41, 5.74) is 6.64. The summed E-state index contributed by atoms with van der Waals surface area (Å²) in [5.74, 6) is -0.0435. The van der Waals surface area contributed by atoms with Crippen molar-refractivity contribution in [2.24, 2.45) is 0 Å². The van der Waals surface area contributed by atoms with Crippen LogP contribution in [0.1, 0.15) is 18.2 Å². The molecule has 5 heteroatoms. The number of hydrogen-bond acceptors (Lipinski definition) is 2. The number of fused-ring (bicyclic) bond motifs is 2. The zero-order valence-corrected chi connectivity index (χ0v) is 14.1. The lowest BCUT2D eigenvalue weighted by atomic mass is 10.0. The van der Waals surface area contributed by atoms with Gasteiger partial charge in [0.25, 0.3) is 0 Å². The van der Waals surface area contributed by atoms with Crippen molar-refractivity contribution in [3.8, 4) is 11.1 Å². The third kappa shape index (κ3) is 2.74. The van der Waals surface area contributed by atoms with Gasteiger partial charge in [-0.15, -0.1) is 0 Å². The van der Waals surface area contributed by atoms with Crippen molar-refractivity contribution in [2.45, 2.75) is 19.9 Å². The molecule has 0 unspecified atom stereocenters. The number of carbonyl (C=O) groups is 1. The first kappa shape index (κ1) is 15.1. The van der Waals surface area contributed by atoms with E-state index in [0.717, 1.165) is 45.7 Å². The van der Waals surface area contributed by atoms with Crippen molar-refractivity contribution < 1.29 is 4.79 Å². The summed E-state index contributed by atoms with van der Waals surface area (Å²) in [4.78, 5) is 14.4. The highest BCUT2D eigenvalue weighted by molar-refractivity contribution is 6.34. The van der Waals surface area contributed by atoms with E-state index in [-0.39, 0.29) is 5.91 Å². The van der Waals surface area contributed by atoms with Gasteiger partial charge in [-0.3, -0.25) is 4.79 Å². The molecule has 1 aliphatic rings. The third-order valence-corrected chi connectivity index (χ3v) is 4.74. The fourth-order valence-electron chi connectivity index (χ4n) is 3.21. The van der Waals surface area contributed by atoms with Crippen LogP contribution in [-0.2, 0) is 17.8 Å². The molecule has 0 bridgehead atoms. The number of aromatic amines is 1. The van der Waals surface area contributed by atoms with E-state index in [4.69, 9.17) is 11.6 Å². The first-order chi connectivity index (χ1) is 11.6. The molecule has 0 radical (unpaired) electrons. The van der Waals surface area contributed by atoms with Gasteiger partial charge < -0.3 is 15.6 Å². The van der Waals surface area contributed by atoms with Crippen LogP contribution in [0, 0.1) is 0 Å². The van der Waals surface area contributed by atoms with Gasteiger partial charge in [0, 0.05) is 46.3 Å². The highest BCUT2D eigenvalue weighted by atomic mass is 35.5. The Balaban J connectivity index is 1.73. The van der Waals surface area contributed by atoms with E-state index in [0.29, 0.717) is 6.54 Å². The van der Waals surface area contributed by atoms with Crippen LogP contribution in [0.3, 0.4) is 0 Å². The molecule has 1 aromatic heterocycles. The van der Waals surface area contributed by atoms with Gasteiger partial charge in [-0.1, -0.05) is 23.7 Å². The van der Waals surface area contributed by atoms with Crippen LogP contribution in [0.15, 0.2) is 36.4 Å². The van der Waals surface area contributed by atoms with Gasteiger partial charge in [-0.25, -0.2) is 0 Å². The minimum atomic E-state index is -0.0435. The second-order valence-corrected chi connectivity index (χ2v) is 6.58. The molecule has 0 atom stereocenters. The Labute approximate surface area is 145 Å². The van der Waals surface area contributed by atoms with Crippen molar-refractivity contribution in [3.63, 3.8) is 0 Å². The second kappa shape index (κ2) is 5.87. The largest absolute Gasteiger partial charge is 0.384 e. The summed E-state index contributed by atoms with van der Waals surface area (Å²) < 4.78 is 0. The lowest BCUT2D eigenvalue weighted by Crippen LogP contribution is -2.18. The monoisotopic (exact) mass is 339 g/mol. The lowest BCUT2D eigenvalue weighted by molar-refractivity contribution is -0.119. The molecule has 24 heavy (non-hydrogen) atoms. The predicted octanol–water partition coefficient (Wildman–Crippen LogP) is 4.09. The van der Waals surface area contributed by atoms with Crippen LogP contribution in [0.25, 0.3) is 22.0 Å². The first-order valence-corrected chi connectivity index (χ1v) is 8.41. The van der Waals surface area contributed by atoms with Gasteiger partial charge in [0.15, 0.2) is 0 Å². The average Bonchev–Trinajstić information content (AvgIpc) is 3.17. The molecule has 1 aliphatic heterocycles. The van der Waals surface area contributed by atoms with Crippen molar-refractivity contribution in [2.75, 3.05) is 11.9 Å². The van der Waals surface area contributed by atoms with E-state index < -0.39 is 0 Å². The molecule has 2 heterocycles. The quantitative estimate of drug-likeness (QED) is 0.673. The van der Waals surface area contributed by atoms with E-state index in [1.165, 1.54) is 18.2 Å². The SMILES string of the molecule is CC(=O)NCc1cc2cc(Cl)c(-c3ccc4c(c3)NCC4)cc2[nH]1. The van der Waals surface area contributed by atoms with Crippen LogP contribution in [-0.4, -0.2) is 17.4 Å². The highest BCUT2D eigenvalue weighted by Crippen LogP contribution is 2.35. The Morgan fingerprint density at radius 1 is 1.25 bits per heavy atom. The molecule has 2 aromatic carbocycles. The summed E-state index contributed by atoms with van der Waals surface area (Å²) >= 11 is 6.52. The minimum Gasteiger partial charge on any atom is -0.384 e. The lowest BCUT2D eigenvalue weighted by Gasteiger charge is -2.08. The van der Waals surface area contributed by atoms with Crippen molar-refractivity contribution in [3.05, 3.63) is 52.7 Å². The van der Waals surface area contributed by atoms with Gasteiger partial charge in [0.2, 0.25) is 5.91 Å². The number of anilines is 1. The van der Waals surface area contributed by atoms with E-state index in [9.17, 15) is 4.79 Å². The number of carbonyl (C=O) groups excluding carboxylic acids is 1. The predicted molar refractivity (Wildman–Crippen MR) is 98.5 cm³/mol. The Bertz CT molecular complexity index is 945. The number of benzene rings is 2. The zero-order chi connectivity index (χ0) is 16.7. The molecule has 3 aromatic rings. The molecule has 122 valence electrons. The fraction of sp³-hybridized carbons (Fsp3) is 0.211. The van der Waals surface area contributed by atoms with Crippen LogP contribution >= 0.6 is 11.6 Å². The molecule has 4 rings (SSSR count). The maximum Gasteiger partial charge on any atom is 0.217 e. The zero-order valence-electron chi connectivity index (χ0n) is 13.4. The standard InChI is InChI=1S/C19H18ClN3O/c1-11(24)22-10-15-6-14-7-17(20)16(9-19(14)23-15)13-3-2-12-4-5-21-18(12)8-13/h2-3,6-9,21,23H,4-5,10H2,1H3,(H,22,24). The van der Waals surface area contributed by atoms with Gasteiger partial charge in [-0.2, -0.15) is 0 Å². The number of halogens is 1. The smallest absolute Gasteiger partial charge is 0.217 e. The van der Waals surface area contributed by atoms with E-state index in [2.05, 4.69) is 39.9 Å². The molecule has 0 saturated carbocycles.